The Bertz CT molecular complexity index is 803. The average Bonchev–Trinajstić information content (AvgIpc) is 2.60. The van der Waals surface area contributed by atoms with Gasteiger partial charge in [0, 0.05) is 11.8 Å². The normalized spacial score (nSPS) is 11.0. The second-order valence-electron chi connectivity index (χ2n) is 4.92. The minimum absolute atomic E-state index is 0.109. The highest BCUT2D eigenvalue weighted by Gasteiger charge is 2.31. The van der Waals surface area contributed by atoms with Crippen molar-refractivity contribution in [2.45, 2.75) is 6.18 Å². The predicted molar refractivity (Wildman–Crippen MR) is 88.3 cm³/mol. The fraction of sp³-hybridized carbons (Fsp3) is 0.250. The van der Waals surface area contributed by atoms with Gasteiger partial charge in [-0.05, 0) is 18.2 Å². The number of ether oxygens (including phenoxy) is 3. The molecule has 0 atom stereocenters. The van der Waals surface area contributed by atoms with Crippen molar-refractivity contribution in [1.29, 1.82) is 0 Å². The number of pyridine rings is 1. The van der Waals surface area contributed by atoms with E-state index in [2.05, 4.69) is 10.3 Å². The lowest BCUT2D eigenvalue weighted by Crippen LogP contribution is -2.15. The molecular formula is C16H14ClF3N2O4. The summed E-state index contributed by atoms with van der Waals surface area (Å²) in [7, 11) is 4.17. The summed E-state index contributed by atoms with van der Waals surface area (Å²) in [6.45, 7) is 0. The molecule has 0 saturated carbocycles. The van der Waals surface area contributed by atoms with Crippen LogP contribution in [0.2, 0.25) is 5.02 Å². The summed E-state index contributed by atoms with van der Waals surface area (Å²) in [5, 5.41) is 2.00. The number of methoxy groups -OCH3 is 3. The van der Waals surface area contributed by atoms with Crippen molar-refractivity contribution >= 4 is 23.3 Å². The van der Waals surface area contributed by atoms with Gasteiger partial charge in [-0.1, -0.05) is 11.6 Å². The Kier molecular flexibility index (Phi) is 5.81. The summed E-state index contributed by atoms with van der Waals surface area (Å²) >= 11 is 5.79. The second-order valence-corrected chi connectivity index (χ2v) is 5.33. The van der Waals surface area contributed by atoms with Crippen molar-refractivity contribution in [2.75, 3.05) is 26.6 Å². The van der Waals surface area contributed by atoms with Crippen LogP contribution in [-0.4, -0.2) is 32.2 Å². The van der Waals surface area contributed by atoms with Gasteiger partial charge in [0.25, 0.3) is 5.91 Å². The molecule has 0 fully saturated rings. The van der Waals surface area contributed by atoms with Crippen molar-refractivity contribution in [3.05, 3.63) is 40.5 Å². The number of hydrogen-bond donors (Lipinski definition) is 1. The standard InChI is InChI=1S/C16H14ClF3N2O4/c1-24-11-4-8(5-12(25-2)13(11)26-3)15(23)22-14-10(17)6-9(7-21-14)16(18,19)20/h4-7H,1-3H3,(H,21,22,23). The van der Waals surface area contributed by atoms with E-state index in [-0.39, 0.29) is 33.7 Å². The van der Waals surface area contributed by atoms with Gasteiger partial charge in [-0.25, -0.2) is 4.98 Å². The molecular weight excluding hydrogens is 377 g/mol. The molecule has 0 aliphatic carbocycles. The SMILES string of the molecule is COc1cc(C(=O)Nc2ncc(C(F)(F)F)cc2Cl)cc(OC)c1OC. The van der Waals surface area contributed by atoms with E-state index >= 15 is 0 Å². The second kappa shape index (κ2) is 7.69. The van der Waals surface area contributed by atoms with Crippen LogP contribution in [0.5, 0.6) is 17.2 Å². The highest BCUT2D eigenvalue weighted by Crippen LogP contribution is 2.38. The number of carbonyl (C=O) groups excluding carboxylic acids is 1. The Balaban J connectivity index is 2.33. The molecule has 1 aromatic carbocycles. The Morgan fingerprint density at radius 2 is 1.65 bits per heavy atom. The molecule has 0 spiro atoms. The topological polar surface area (TPSA) is 69.7 Å². The number of hydrogen-bond acceptors (Lipinski definition) is 5. The highest BCUT2D eigenvalue weighted by atomic mass is 35.5. The number of alkyl halides is 3. The number of amides is 1. The first kappa shape index (κ1) is 19.6. The Hall–Kier alpha value is -2.68. The minimum atomic E-state index is -4.59. The highest BCUT2D eigenvalue weighted by molar-refractivity contribution is 6.33. The average molecular weight is 391 g/mol. The van der Waals surface area contributed by atoms with Crippen LogP contribution < -0.4 is 19.5 Å². The van der Waals surface area contributed by atoms with Gasteiger partial charge in [-0.15, -0.1) is 0 Å². The van der Waals surface area contributed by atoms with Crippen molar-refractivity contribution in [3.63, 3.8) is 0 Å². The van der Waals surface area contributed by atoms with E-state index in [1.165, 1.54) is 33.5 Å². The van der Waals surface area contributed by atoms with E-state index < -0.39 is 17.6 Å². The first-order chi connectivity index (χ1) is 12.2. The Morgan fingerprint density at radius 3 is 2.08 bits per heavy atom. The number of benzene rings is 1. The molecule has 1 amide bonds. The van der Waals surface area contributed by atoms with Crippen molar-refractivity contribution in [1.82, 2.24) is 4.98 Å². The van der Waals surface area contributed by atoms with Crippen LogP contribution in [-0.2, 0) is 6.18 Å². The van der Waals surface area contributed by atoms with Gasteiger partial charge < -0.3 is 19.5 Å². The molecule has 6 nitrogen and oxygen atoms in total. The molecule has 0 unspecified atom stereocenters. The van der Waals surface area contributed by atoms with Crippen LogP contribution in [0.15, 0.2) is 24.4 Å². The molecule has 1 N–H and O–H groups in total. The monoisotopic (exact) mass is 390 g/mol. The molecule has 26 heavy (non-hydrogen) atoms. The maximum atomic E-state index is 12.6. The molecule has 0 radical (unpaired) electrons. The van der Waals surface area contributed by atoms with Crippen LogP contribution in [0.1, 0.15) is 15.9 Å². The van der Waals surface area contributed by atoms with Gasteiger partial charge >= 0.3 is 6.18 Å². The van der Waals surface area contributed by atoms with E-state index in [0.717, 1.165) is 0 Å². The summed E-state index contributed by atoms with van der Waals surface area (Å²) in [6.07, 6.45) is -4.01. The van der Waals surface area contributed by atoms with Gasteiger partial charge in [0.15, 0.2) is 17.3 Å². The third-order valence-corrected chi connectivity index (χ3v) is 3.62. The van der Waals surface area contributed by atoms with E-state index in [9.17, 15) is 18.0 Å². The molecule has 2 aromatic rings. The Morgan fingerprint density at radius 1 is 1.08 bits per heavy atom. The smallest absolute Gasteiger partial charge is 0.417 e. The van der Waals surface area contributed by atoms with Crippen molar-refractivity contribution in [2.24, 2.45) is 0 Å². The zero-order valence-corrected chi connectivity index (χ0v) is 14.7. The number of halogens is 4. The summed E-state index contributed by atoms with van der Waals surface area (Å²) in [5.74, 6) is -0.110. The van der Waals surface area contributed by atoms with Crippen LogP contribution in [0.25, 0.3) is 0 Å². The molecule has 0 bridgehead atoms. The maximum Gasteiger partial charge on any atom is 0.417 e. The van der Waals surface area contributed by atoms with Gasteiger partial charge in [0.05, 0.1) is 31.9 Å². The number of nitrogens with one attached hydrogen (secondary N) is 1. The molecule has 10 heteroatoms. The summed E-state index contributed by atoms with van der Waals surface area (Å²) in [6, 6.07) is 3.45. The minimum Gasteiger partial charge on any atom is -0.493 e. The van der Waals surface area contributed by atoms with Gasteiger partial charge in [-0.3, -0.25) is 4.79 Å². The largest absolute Gasteiger partial charge is 0.493 e. The quantitative estimate of drug-likeness (QED) is 0.834. The summed E-state index contributed by atoms with van der Waals surface area (Å²) in [4.78, 5) is 16.0. The van der Waals surface area contributed by atoms with Gasteiger partial charge in [0.2, 0.25) is 5.75 Å². The van der Waals surface area contributed by atoms with E-state index in [1.807, 2.05) is 0 Å². The van der Waals surface area contributed by atoms with Gasteiger partial charge in [-0.2, -0.15) is 13.2 Å². The first-order valence-electron chi connectivity index (χ1n) is 7.05. The lowest BCUT2D eigenvalue weighted by atomic mass is 10.1. The van der Waals surface area contributed by atoms with Crippen LogP contribution in [0.3, 0.4) is 0 Å². The van der Waals surface area contributed by atoms with E-state index in [1.54, 1.807) is 0 Å². The third kappa shape index (κ3) is 4.10. The molecule has 0 saturated heterocycles. The van der Waals surface area contributed by atoms with Crippen molar-refractivity contribution < 1.29 is 32.2 Å². The number of aromatic nitrogens is 1. The molecule has 140 valence electrons. The molecule has 2 rings (SSSR count). The molecule has 0 aliphatic heterocycles. The predicted octanol–water partition coefficient (Wildman–Crippen LogP) is 4.03. The van der Waals surface area contributed by atoms with Crippen LogP contribution >= 0.6 is 11.6 Å². The molecule has 1 aromatic heterocycles. The number of rotatable bonds is 5. The van der Waals surface area contributed by atoms with E-state index in [4.69, 9.17) is 25.8 Å². The number of nitrogens with zero attached hydrogens (tertiary/aromatic N) is 1. The van der Waals surface area contributed by atoms with Crippen molar-refractivity contribution in [3.8, 4) is 17.2 Å². The van der Waals surface area contributed by atoms with E-state index in [0.29, 0.717) is 12.3 Å². The van der Waals surface area contributed by atoms with Crippen LogP contribution in [0, 0.1) is 0 Å². The Labute approximate surface area is 151 Å². The summed E-state index contributed by atoms with van der Waals surface area (Å²) < 4.78 is 53.4. The third-order valence-electron chi connectivity index (χ3n) is 3.33. The lowest BCUT2D eigenvalue weighted by Gasteiger charge is -2.14. The first-order valence-corrected chi connectivity index (χ1v) is 7.43. The van der Waals surface area contributed by atoms with Gasteiger partial charge in [0.1, 0.15) is 0 Å². The molecule has 1 heterocycles. The number of anilines is 1. The fourth-order valence-electron chi connectivity index (χ4n) is 2.08. The zero-order chi connectivity index (χ0) is 19.5. The fourth-order valence-corrected chi connectivity index (χ4v) is 2.29. The molecule has 0 aliphatic rings. The zero-order valence-electron chi connectivity index (χ0n) is 13.9. The summed E-state index contributed by atoms with van der Waals surface area (Å²) in [5.41, 5.74) is -0.912. The maximum absolute atomic E-state index is 12.6. The lowest BCUT2D eigenvalue weighted by molar-refractivity contribution is -0.137. The van der Waals surface area contributed by atoms with Crippen LogP contribution in [0.4, 0.5) is 19.0 Å². The number of carbonyl (C=O) groups is 1.